The van der Waals surface area contributed by atoms with E-state index in [1.807, 2.05) is 13.8 Å². The van der Waals surface area contributed by atoms with Gasteiger partial charge in [0.1, 0.15) is 17.1 Å². The largest absolute Gasteiger partial charge is 0.482 e. The average molecular weight is 481 g/mol. The van der Waals surface area contributed by atoms with Crippen LogP contribution in [0.15, 0.2) is 17.7 Å². The number of ether oxygens (including phenoxy) is 2. The number of carbonyl (C=O) groups is 2. The van der Waals surface area contributed by atoms with E-state index in [9.17, 15) is 9.59 Å². The molecule has 2 aliphatic carbocycles. The number of allylic oxidation sites excluding steroid dienone is 1. The molecule has 0 aromatic heterocycles. The Morgan fingerprint density at radius 1 is 1.11 bits per heavy atom. The van der Waals surface area contributed by atoms with E-state index in [4.69, 9.17) is 9.47 Å². The second kappa shape index (κ2) is 10.9. The Morgan fingerprint density at radius 3 is 2.57 bits per heavy atom. The van der Waals surface area contributed by atoms with E-state index in [0.717, 1.165) is 53.7 Å². The van der Waals surface area contributed by atoms with Gasteiger partial charge < -0.3 is 9.47 Å². The molecule has 2 unspecified atom stereocenters. The lowest BCUT2D eigenvalue weighted by Gasteiger charge is -2.39. The highest BCUT2D eigenvalue weighted by Crippen LogP contribution is 2.51. The molecule has 3 aliphatic rings. The Kier molecular flexibility index (Phi) is 8.08. The number of benzene rings is 1. The molecule has 0 radical (unpaired) electrons. The average Bonchev–Trinajstić information content (AvgIpc) is 3.30. The molecule has 192 valence electrons. The third-order valence-corrected chi connectivity index (χ3v) is 8.56. The highest BCUT2D eigenvalue weighted by Gasteiger charge is 2.42. The molecule has 1 heterocycles. The quantitative estimate of drug-likeness (QED) is 0.203. The van der Waals surface area contributed by atoms with Crippen LogP contribution >= 0.6 is 0 Å². The summed E-state index contributed by atoms with van der Waals surface area (Å²) >= 11 is 0. The molecular formula is C31H44O4. The lowest BCUT2D eigenvalue weighted by Crippen LogP contribution is -2.39. The Balaban J connectivity index is 1.72. The van der Waals surface area contributed by atoms with Crippen LogP contribution < -0.4 is 9.47 Å². The van der Waals surface area contributed by atoms with Gasteiger partial charge in [0.2, 0.25) is 0 Å². The van der Waals surface area contributed by atoms with Gasteiger partial charge in [-0.1, -0.05) is 59.3 Å². The van der Waals surface area contributed by atoms with Crippen molar-refractivity contribution in [3.8, 4) is 11.5 Å². The van der Waals surface area contributed by atoms with Crippen molar-refractivity contribution in [2.75, 3.05) is 0 Å². The lowest BCUT2D eigenvalue weighted by molar-refractivity contribution is -0.135. The van der Waals surface area contributed by atoms with Gasteiger partial charge in [0, 0.05) is 18.4 Å². The van der Waals surface area contributed by atoms with Crippen LogP contribution in [0.25, 0.3) is 5.57 Å². The first-order valence-corrected chi connectivity index (χ1v) is 14.1. The molecule has 0 N–H and O–H groups in total. The fourth-order valence-corrected chi connectivity index (χ4v) is 6.36. The number of Topliss-reactive ketones (excluding diaryl/α,β-unsaturated/α-hetero) is 1. The second-order valence-electron chi connectivity index (χ2n) is 11.7. The topological polar surface area (TPSA) is 52.6 Å². The van der Waals surface area contributed by atoms with Crippen LogP contribution in [0.1, 0.15) is 129 Å². The van der Waals surface area contributed by atoms with Crippen LogP contribution in [0, 0.1) is 11.8 Å². The maximum absolute atomic E-state index is 13.0. The van der Waals surface area contributed by atoms with Gasteiger partial charge in [-0.2, -0.15) is 0 Å². The Morgan fingerprint density at radius 2 is 1.86 bits per heavy atom. The van der Waals surface area contributed by atoms with E-state index in [1.54, 1.807) is 0 Å². The van der Waals surface area contributed by atoms with Crippen LogP contribution in [0.4, 0.5) is 0 Å². The summed E-state index contributed by atoms with van der Waals surface area (Å²) in [6, 6.07) is 4.22. The van der Waals surface area contributed by atoms with Crippen LogP contribution in [-0.2, 0) is 9.59 Å². The van der Waals surface area contributed by atoms with E-state index in [2.05, 4.69) is 32.9 Å². The summed E-state index contributed by atoms with van der Waals surface area (Å²) in [5.41, 5.74) is 3.09. The van der Waals surface area contributed by atoms with Crippen molar-refractivity contribution in [1.29, 1.82) is 0 Å². The number of esters is 1. The number of fused-ring (bicyclic) bond motifs is 2. The molecule has 1 aromatic rings. The molecule has 1 fully saturated rings. The molecule has 35 heavy (non-hydrogen) atoms. The molecule has 2 atom stereocenters. The summed E-state index contributed by atoms with van der Waals surface area (Å²) < 4.78 is 12.6. The standard InChI is InChI=1S/C31H44O4/c1-6-7-8-12-20(2)21(3)23-18-26(34-28(33)17-22-13-9-10-14-22)29-24-15-11-16-25(32)30(24)31(4,5)35-27(29)19-23/h18-22H,6-17H2,1-5H3. The lowest BCUT2D eigenvalue weighted by atomic mass is 9.76. The first kappa shape index (κ1) is 26.0. The molecule has 4 nitrogen and oxygen atoms in total. The van der Waals surface area contributed by atoms with Crippen LogP contribution in [0.5, 0.6) is 11.5 Å². The molecule has 0 amide bonds. The maximum Gasteiger partial charge on any atom is 0.311 e. The van der Waals surface area contributed by atoms with Gasteiger partial charge in [-0.25, -0.2) is 0 Å². The van der Waals surface area contributed by atoms with Crippen molar-refractivity contribution in [1.82, 2.24) is 0 Å². The van der Waals surface area contributed by atoms with Gasteiger partial charge in [-0.15, -0.1) is 0 Å². The van der Waals surface area contributed by atoms with Gasteiger partial charge in [0.15, 0.2) is 5.78 Å². The number of rotatable bonds is 9. The Labute approximate surface area is 211 Å². The van der Waals surface area contributed by atoms with Gasteiger partial charge in [-0.3, -0.25) is 9.59 Å². The molecule has 4 rings (SSSR count). The van der Waals surface area contributed by atoms with Crippen molar-refractivity contribution in [3.05, 3.63) is 28.8 Å². The minimum absolute atomic E-state index is 0.158. The van der Waals surface area contributed by atoms with E-state index < -0.39 is 5.60 Å². The summed E-state index contributed by atoms with van der Waals surface area (Å²) in [4.78, 5) is 26.0. The van der Waals surface area contributed by atoms with E-state index in [1.165, 1.54) is 38.5 Å². The third-order valence-electron chi connectivity index (χ3n) is 8.56. The van der Waals surface area contributed by atoms with Crippen LogP contribution in [0.3, 0.4) is 0 Å². The molecule has 1 saturated carbocycles. The fraction of sp³-hybridized carbons (Fsp3) is 0.677. The SMILES string of the molecule is CCCCCC(C)C(C)c1cc(OC(=O)CC2CCCC2)c2c(c1)OC(C)(C)C1=C2CCCC1=O. The molecule has 1 aromatic carbocycles. The summed E-state index contributed by atoms with van der Waals surface area (Å²) in [6.45, 7) is 10.8. The van der Waals surface area contributed by atoms with Gasteiger partial charge in [-0.05, 0) is 80.6 Å². The first-order valence-electron chi connectivity index (χ1n) is 14.1. The van der Waals surface area contributed by atoms with E-state index >= 15 is 0 Å². The van der Waals surface area contributed by atoms with Crippen molar-refractivity contribution in [2.45, 2.75) is 123 Å². The van der Waals surface area contributed by atoms with Gasteiger partial charge in [0.05, 0.1) is 5.56 Å². The van der Waals surface area contributed by atoms with Crippen molar-refractivity contribution in [3.63, 3.8) is 0 Å². The number of ketones is 1. The summed E-state index contributed by atoms with van der Waals surface area (Å²) in [7, 11) is 0. The van der Waals surface area contributed by atoms with Crippen LogP contribution in [0.2, 0.25) is 0 Å². The van der Waals surface area contributed by atoms with E-state index in [0.29, 0.717) is 36.3 Å². The van der Waals surface area contributed by atoms with Crippen molar-refractivity contribution in [2.24, 2.45) is 11.8 Å². The zero-order valence-electron chi connectivity index (χ0n) is 22.5. The summed E-state index contributed by atoms with van der Waals surface area (Å²) in [5.74, 6) is 2.62. The number of carbonyl (C=O) groups excluding carboxylic acids is 2. The predicted octanol–water partition coefficient (Wildman–Crippen LogP) is 8.17. The Bertz CT molecular complexity index is 980. The zero-order chi connectivity index (χ0) is 25.2. The molecule has 0 spiro atoms. The summed E-state index contributed by atoms with van der Waals surface area (Å²) in [6.07, 6.45) is 12.2. The minimum atomic E-state index is -0.681. The van der Waals surface area contributed by atoms with E-state index in [-0.39, 0.29) is 11.8 Å². The van der Waals surface area contributed by atoms with Gasteiger partial charge in [0.25, 0.3) is 0 Å². The first-order chi connectivity index (χ1) is 16.7. The van der Waals surface area contributed by atoms with Crippen molar-refractivity contribution < 1.29 is 19.1 Å². The zero-order valence-corrected chi connectivity index (χ0v) is 22.5. The Hall–Kier alpha value is -2.10. The van der Waals surface area contributed by atoms with Gasteiger partial charge >= 0.3 is 5.97 Å². The normalized spacial score (nSPS) is 21.2. The smallest absolute Gasteiger partial charge is 0.311 e. The predicted molar refractivity (Wildman–Crippen MR) is 141 cm³/mol. The molecule has 0 bridgehead atoms. The maximum atomic E-state index is 13.0. The second-order valence-corrected chi connectivity index (χ2v) is 11.7. The number of hydrogen-bond acceptors (Lipinski definition) is 4. The number of unbranched alkanes of at least 4 members (excludes halogenated alkanes) is 2. The number of hydrogen-bond donors (Lipinski definition) is 0. The molecular weight excluding hydrogens is 436 g/mol. The summed E-state index contributed by atoms with van der Waals surface area (Å²) in [5, 5.41) is 0. The molecule has 4 heteroatoms. The molecule has 0 saturated heterocycles. The highest BCUT2D eigenvalue weighted by molar-refractivity contribution is 6.07. The fourth-order valence-electron chi connectivity index (χ4n) is 6.36. The highest BCUT2D eigenvalue weighted by atomic mass is 16.5. The monoisotopic (exact) mass is 480 g/mol. The molecule has 1 aliphatic heterocycles. The third kappa shape index (κ3) is 5.67. The van der Waals surface area contributed by atoms with Crippen LogP contribution in [-0.4, -0.2) is 17.4 Å². The van der Waals surface area contributed by atoms with Crippen molar-refractivity contribution >= 4 is 17.3 Å². The minimum Gasteiger partial charge on any atom is -0.482 e.